The number of amides is 1. The molecule has 0 bridgehead atoms. The standard InChI is InChI=1S/C25H41NO6/c1-5-7-8-9-10-16-26(25(29)32-20(3)4)17-11-18-31-22-14-12-21(13-15-22)19-23(24(27)28)30-6-2/h12-15,20,23H,5-11,16-19H2,1-4H3,(H,27,28). The summed E-state index contributed by atoms with van der Waals surface area (Å²) in [6, 6.07) is 7.37. The maximum Gasteiger partial charge on any atom is 0.410 e. The summed E-state index contributed by atoms with van der Waals surface area (Å²) >= 11 is 0. The highest BCUT2D eigenvalue weighted by molar-refractivity contribution is 5.72. The molecule has 1 amide bonds. The van der Waals surface area contributed by atoms with Crippen molar-refractivity contribution < 1.29 is 28.9 Å². The minimum Gasteiger partial charge on any atom is -0.494 e. The normalized spacial score (nSPS) is 11.9. The Morgan fingerprint density at radius 3 is 2.22 bits per heavy atom. The summed E-state index contributed by atoms with van der Waals surface area (Å²) in [5, 5.41) is 9.20. The van der Waals surface area contributed by atoms with Crippen LogP contribution in [0.5, 0.6) is 5.75 Å². The van der Waals surface area contributed by atoms with E-state index in [2.05, 4.69) is 6.92 Å². The largest absolute Gasteiger partial charge is 0.494 e. The van der Waals surface area contributed by atoms with Crippen molar-refractivity contribution in [3.63, 3.8) is 0 Å². The summed E-state index contributed by atoms with van der Waals surface area (Å²) in [4.78, 5) is 25.4. The lowest BCUT2D eigenvalue weighted by atomic mass is 10.1. The molecule has 0 aromatic heterocycles. The smallest absolute Gasteiger partial charge is 0.410 e. The van der Waals surface area contributed by atoms with Gasteiger partial charge in [0.25, 0.3) is 0 Å². The number of carbonyl (C=O) groups excluding carboxylic acids is 1. The summed E-state index contributed by atoms with van der Waals surface area (Å²) in [5.74, 6) is -0.244. The highest BCUT2D eigenvalue weighted by Crippen LogP contribution is 2.15. The third kappa shape index (κ3) is 11.9. The van der Waals surface area contributed by atoms with Gasteiger partial charge in [-0.05, 0) is 51.3 Å². The predicted octanol–water partition coefficient (Wildman–Crippen LogP) is 5.31. The lowest BCUT2D eigenvalue weighted by Crippen LogP contribution is -2.35. The van der Waals surface area contributed by atoms with Crippen molar-refractivity contribution in [2.24, 2.45) is 0 Å². The fourth-order valence-electron chi connectivity index (χ4n) is 3.28. The number of hydrogen-bond acceptors (Lipinski definition) is 5. The van der Waals surface area contributed by atoms with Gasteiger partial charge in [-0.1, -0.05) is 44.7 Å². The summed E-state index contributed by atoms with van der Waals surface area (Å²) < 4.78 is 16.4. The molecule has 182 valence electrons. The van der Waals surface area contributed by atoms with Crippen LogP contribution in [0.2, 0.25) is 0 Å². The molecule has 0 aliphatic heterocycles. The van der Waals surface area contributed by atoms with Crippen molar-refractivity contribution in [3.8, 4) is 5.75 Å². The second kappa shape index (κ2) is 16.4. The molecule has 1 N–H and O–H groups in total. The number of aliphatic carboxylic acids is 1. The van der Waals surface area contributed by atoms with E-state index in [0.717, 1.165) is 18.4 Å². The number of unbranched alkanes of at least 4 members (excludes halogenated alkanes) is 4. The van der Waals surface area contributed by atoms with Crippen LogP contribution in [0.15, 0.2) is 24.3 Å². The van der Waals surface area contributed by atoms with Gasteiger partial charge in [0.2, 0.25) is 0 Å². The molecule has 0 spiro atoms. The quantitative estimate of drug-likeness (QED) is 0.323. The van der Waals surface area contributed by atoms with E-state index >= 15 is 0 Å². The third-order valence-electron chi connectivity index (χ3n) is 4.96. The van der Waals surface area contributed by atoms with E-state index in [9.17, 15) is 14.7 Å². The Morgan fingerprint density at radius 2 is 1.62 bits per heavy atom. The van der Waals surface area contributed by atoms with Crippen molar-refractivity contribution in [2.45, 2.75) is 84.8 Å². The molecule has 0 saturated carbocycles. The topological polar surface area (TPSA) is 85.3 Å². The first-order chi connectivity index (χ1) is 15.4. The molecule has 32 heavy (non-hydrogen) atoms. The average molecular weight is 452 g/mol. The average Bonchev–Trinajstić information content (AvgIpc) is 2.75. The molecule has 7 nitrogen and oxygen atoms in total. The van der Waals surface area contributed by atoms with Gasteiger partial charge in [-0.2, -0.15) is 0 Å². The fraction of sp³-hybridized carbons (Fsp3) is 0.680. The number of rotatable bonds is 17. The Bertz CT molecular complexity index is 646. The second-order valence-electron chi connectivity index (χ2n) is 8.17. The molecule has 0 saturated heterocycles. The number of nitrogens with zero attached hydrogens (tertiary/aromatic N) is 1. The Labute approximate surface area is 193 Å². The van der Waals surface area contributed by atoms with Crippen LogP contribution in [0.1, 0.15) is 71.8 Å². The van der Waals surface area contributed by atoms with Crippen molar-refractivity contribution >= 4 is 12.1 Å². The molecule has 0 fully saturated rings. The van der Waals surface area contributed by atoms with Crippen LogP contribution in [-0.4, -0.2) is 60.6 Å². The zero-order valence-electron chi connectivity index (χ0n) is 20.2. The van der Waals surface area contributed by atoms with Gasteiger partial charge in [0.15, 0.2) is 6.10 Å². The zero-order valence-corrected chi connectivity index (χ0v) is 20.2. The second-order valence-corrected chi connectivity index (χ2v) is 8.17. The monoisotopic (exact) mass is 451 g/mol. The fourth-order valence-corrected chi connectivity index (χ4v) is 3.28. The lowest BCUT2D eigenvalue weighted by molar-refractivity contribution is -0.149. The first kappa shape index (κ1) is 27.8. The maximum absolute atomic E-state index is 12.4. The van der Waals surface area contributed by atoms with Gasteiger partial charge >= 0.3 is 12.1 Å². The van der Waals surface area contributed by atoms with Gasteiger partial charge in [-0.15, -0.1) is 0 Å². The molecule has 1 aromatic rings. The number of ether oxygens (including phenoxy) is 3. The molecule has 7 heteroatoms. The molecule has 0 radical (unpaired) electrons. The molecular formula is C25H41NO6. The third-order valence-corrected chi connectivity index (χ3v) is 4.96. The lowest BCUT2D eigenvalue weighted by Gasteiger charge is -2.23. The number of carboxylic acids is 1. The maximum atomic E-state index is 12.4. The highest BCUT2D eigenvalue weighted by Gasteiger charge is 2.18. The van der Waals surface area contributed by atoms with E-state index in [1.165, 1.54) is 19.3 Å². The van der Waals surface area contributed by atoms with Crippen LogP contribution in [0.25, 0.3) is 0 Å². The van der Waals surface area contributed by atoms with Crippen LogP contribution in [-0.2, 0) is 20.7 Å². The number of hydrogen-bond donors (Lipinski definition) is 1. The van der Waals surface area contributed by atoms with Gasteiger partial charge in [-0.3, -0.25) is 0 Å². The van der Waals surface area contributed by atoms with E-state index in [1.807, 2.05) is 38.1 Å². The summed E-state index contributed by atoms with van der Waals surface area (Å²) in [7, 11) is 0. The number of carboxylic acid groups (broad SMARTS) is 1. The molecule has 1 aromatic carbocycles. The first-order valence-corrected chi connectivity index (χ1v) is 11.9. The van der Waals surface area contributed by atoms with Gasteiger partial charge in [-0.25, -0.2) is 9.59 Å². The zero-order chi connectivity index (χ0) is 23.8. The Balaban J connectivity index is 2.45. The van der Waals surface area contributed by atoms with Crippen LogP contribution < -0.4 is 4.74 Å². The van der Waals surface area contributed by atoms with Crippen LogP contribution in [0.3, 0.4) is 0 Å². The van der Waals surface area contributed by atoms with Gasteiger partial charge < -0.3 is 24.2 Å². The number of benzene rings is 1. The van der Waals surface area contributed by atoms with Crippen LogP contribution >= 0.6 is 0 Å². The predicted molar refractivity (Wildman–Crippen MR) is 125 cm³/mol. The molecule has 1 rings (SSSR count). The Kier molecular flexibility index (Phi) is 14.2. The van der Waals surface area contributed by atoms with Crippen LogP contribution in [0, 0.1) is 0 Å². The van der Waals surface area contributed by atoms with Gasteiger partial charge in [0, 0.05) is 26.1 Å². The molecule has 1 atom stereocenters. The molecule has 1 unspecified atom stereocenters. The highest BCUT2D eigenvalue weighted by atomic mass is 16.6. The van der Waals surface area contributed by atoms with E-state index < -0.39 is 12.1 Å². The molecule has 0 aliphatic carbocycles. The van der Waals surface area contributed by atoms with Crippen molar-refractivity contribution in [1.29, 1.82) is 0 Å². The first-order valence-electron chi connectivity index (χ1n) is 11.9. The molecular weight excluding hydrogens is 410 g/mol. The van der Waals surface area contributed by atoms with Gasteiger partial charge in [0.1, 0.15) is 5.75 Å². The molecule has 0 heterocycles. The van der Waals surface area contributed by atoms with Crippen molar-refractivity contribution in [2.75, 3.05) is 26.3 Å². The van der Waals surface area contributed by atoms with E-state index in [1.54, 1.807) is 11.8 Å². The van der Waals surface area contributed by atoms with Crippen molar-refractivity contribution in [3.05, 3.63) is 29.8 Å². The van der Waals surface area contributed by atoms with E-state index in [0.29, 0.717) is 44.9 Å². The summed E-state index contributed by atoms with van der Waals surface area (Å²) in [6.07, 6.45) is 5.50. The minimum atomic E-state index is -0.960. The Morgan fingerprint density at radius 1 is 0.969 bits per heavy atom. The van der Waals surface area contributed by atoms with Gasteiger partial charge in [0.05, 0.1) is 12.7 Å². The van der Waals surface area contributed by atoms with E-state index in [4.69, 9.17) is 14.2 Å². The van der Waals surface area contributed by atoms with E-state index in [-0.39, 0.29) is 12.2 Å². The Hall–Kier alpha value is -2.28. The molecule has 0 aliphatic rings. The SMILES string of the molecule is CCCCCCCN(CCCOc1ccc(CC(OCC)C(=O)O)cc1)C(=O)OC(C)C. The minimum absolute atomic E-state index is 0.136. The summed E-state index contributed by atoms with van der Waals surface area (Å²) in [6.45, 7) is 9.82. The van der Waals surface area contributed by atoms with Crippen molar-refractivity contribution in [1.82, 2.24) is 4.90 Å². The van der Waals surface area contributed by atoms with Crippen LogP contribution in [0.4, 0.5) is 4.79 Å². The summed E-state index contributed by atoms with van der Waals surface area (Å²) in [5.41, 5.74) is 0.879. The number of carbonyl (C=O) groups is 2.